The van der Waals surface area contributed by atoms with Crippen LogP contribution in [0.5, 0.6) is 0 Å². The van der Waals surface area contributed by atoms with Gasteiger partial charge in [0.1, 0.15) is 0 Å². The third kappa shape index (κ3) is 4.06. The molecule has 1 fully saturated rings. The van der Waals surface area contributed by atoms with Crippen molar-refractivity contribution in [2.75, 3.05) is 19.6 Å². The van der Waals surface area contributed by atoms with E-state index in [2.05, 4.69) is 37.9 Å². The van der Waals surface area contributed by atoms with Crippen LogP contribution >= 0.6 is 0 Å². The summed E-state index contributed by atoms with van der Waals surface area (Å²) in [5.41, 5.74) is 0. The Bertz CT molecular complexity index is 174. The Balaban J connectivity index is 2.29. The van der Waals surface area contributed by atoms with Crippen molar-refractivity contribution in [1.29, 1.82) is 0 Å². The molecule has 2 unspecified atom stereocenters. The summed E-state index contributed by atoms with van der Waals surface area (Å²) in [7, 11) is 0. The van der Waals surface area contributed by atoms with Gasteiger partial charge in [0.2, 0.25) is 0 Å². The monoisotopic (exact) mass is 226 g/mol. The van der Waals surface area contributed by atoms with Gasteiger partial charge < -0.3 is 5.32 Å². The molecule has 0 aromatic heterocycles. The van der Waals surface area contributed by atoms with Gasteiger partial charge in [0.25, 0.3) is 0 Å². The minimum atomic E-state index is 0.618. The summed E-state index contributed by atoms with van der Waals surface area (Å²) >= 11 is 0. The van der Waals surface area contributed by atoms with Crippen LogP contribution in [0.3, 0.4) is 0 Å². The topological polar surface area (TPSA) is 15.3 Å². The van der Waals surface area contributed by atoms with Gasteiger partial charge in [-0.15, -0.1) is 0 Å². The molecule has 1 heterocycles. The van der Waals surface area contributed by atoms with Crippen LogP contribution in [-0.2, 0) is 0 Å². The number of likely N-dealkylation sites (tertiary alicyclic amines) is 1. The Morgan fingerprint density at radius 1 is 1.19 bits per heavy atom. The van der Waals surface area contributed by atoms with E-state index in [1.54, 1.807) is 0 Å². The third-order valence-corrected chi connectivity index (χ3v) is 4.17. The lowest BCUT2D eigenvalue weighted by atomic mass is 9.91. The molecule has 2 heteroatoms. The van der Waals surface area contributed by atoms with E-state index in [-0.39, 0.29) is 0 Å². The molecule has 0 spiro atoms. The van der Waals surface area contributed by atoms with Crippen molar-refractivity contribution in [2.24, 2.45) is 5.92 Å². The highest BCUT2D eigenvalue weighted by molar-refractivity contribution is 4.81. The van der Waals surface area contributed by atoms with Crippen molar-refractivity contribution in [1.82, 2.24) is 10.2 Å². The predicted molar refractivity (Wildman–Crippen MR) is 71.8 cm³/mol. The fraction of sp³-hybridized carbons (Fsp3) is 1.00. The number of hydrogen-bond acceptors (Lipinski definition) is 2. The molecule has 0 aromatic rings. The number of likely N-dealkylation sites (N-methyl/N-ethyl adjacent to an activating group) is 1. The first-order chi connectivity index (χ1) is 7.69. The van der Waals surface area contributed by atoms with E-state index < -0.39 is 0 Å². The van der Waals surface area contributed by atoms with Crippen LogP contribution < -0.4 is 5.32 Å². The van der Waals surface area contributed by atoms with Gasteiger partial charge >= 0.3 is 0 Å². The van der Waals surface area contributed by atoms with Gasteiger partial charge in [-0.1, -0.05) is 26.7 Å². The minimum absolute atomic E-state index is 0.618. The van der Waals surface area contributed by atoms with E-state index in [9.17, 15) is 0 Å². The van der Waals surface area contributed by atoms with Crippen molar-refractivity contribution in [3.63, 3.8) is 0 Å². The second-order valence-corrected chi connectivity index (χ2v) is 5.35. The van der Waals surface area contributed by atoms with Gasteiger partial charge in [0.05, 0.1) is 0 Å². The normalized spacial score (nSPS) is 23.2. The molecule has 96 valence electrons. The van der Waals surface area contributed by atoms with Gasteiger partial charge in [0, 0.05) is 12.1 Å². The van der Waals surface area contributed by atoms with E-state index in [0.29, 0.717) is 12.1 Å². The largest absolute Gasteiger partial charge is 0.313 e. The molecule has 0 aliphatic carbocycles. The van der Waals surface area contributed by atoms with Crippen molar-refractivity contribution in [3.8, 4) is 0 Å². The second-order valence-electron chi connectivity index (χ2n) is 5.35. The molecule has 0 saturated carbocycles. The van der Waals surface area contributed by atoms with E-state index in [0.717, 1.165) is 12.5 Å². The van der Waals surface area contributed by atoms with E-state index in [4.69, 9.17) is 0 Å². The summed E-state index contributed by atoms with van der Waals surface area (Å²) in [4.78, 5) is 2.67. The van der Waals surface area contributed by atoms with Crippen molar-refractivity contribution >= 4 is 0 Å². The van der Waals surface area contributed by atoms with Crippen LogP contribution in [0, 0.1) is 5.92 Å². The molecular formula is C14H30N2. The maximum atomic E-state index is 3.54. The second kappa shape index (κ2) is 7.29. The maximum absolute atomic E-state index is 3.54. The molecule has 2 nitrogen and oxygen atoms in total. The van der Waals surface area contributed by atoms with E-state index in [1.807, 2.05) is 0 Å². The minimum Gasteiger partial charge on any atom is -0.313 e. The zero-order valence-electron chi connectivity index (χ0n) is 11.6. The van der Waals surface area contributed by atoms with Crippen molar-refractivity contribution < 1.29 is 0 Å². The van der Waals surface area contributed by atoms with Crippen molar-refractivity contribution in [3.05, 3.63) is 0 Å². The predicted octanol–water partition coefficient (Wildman–Crippen LogP) is 2.89. The highest BCUT2D eigenvalue weighted by Crippen LogP contribution is 2.23. The average Bonchev–Trinajstić information content (AvgIpc) is 2.30. The molecule has 1 rings (SSSR count). The van der Waals surface area contributed by atoms with E-state index in [1.165, 1.54) is 38.8 Å². The van der Waals surface area contributed by atoms with Crippen LogP contribution in [0.15, 0.2) is 0 Å². The SMILES string of the molecule is CCCC1CCN(C(C)C(C)NCC)CC1. The lowest BCUT2D eigenvalue weighted by Gasteiger charge is -2.38. The average molecular weight is 226 g/mol. The molecule has 1 aliphatic rings. The van der Waals surface area contributed by atoms with Crippen LogP contribution in [0.2, 0.25) is 0 Å². The number of rotatable bonds is 6. The molecule has 1 N–H and O–H groups in total. The zero-order chi connectivity index (χ0) is 12.0. The summed E-state index contributed by atoms with van der Waals surface area (Å²) in [5.74, 6) is 1.00. The first-order valence-electron chi connectivity index (χ1n) is 7.16. The first kappa shape index (κ1) is 14.0. The number of piperidine rings is 1. The molecule has 0 bridgehead atoms. The Morgan fingerprint density at radius 3 is 2.31 bits per heavy atom. The van der Waals surface area contributed by atoms with Gasteiger partial charge in [-0.25, -0.2) is 0 Å². The van der Waals surface area contributed by atoms with Crippen LogP contribution in [0.4, 0.5) is 0 Å². The maximum Gasteiger partial charge on any atom is 0.0218 e. The highest BCUT2D eigenvalue weighted by Gasteiger charge is 2.24. The van der Waals surface area contributed by atoms with Gasteiger partial charge in [-0.3, -0.25) is 4.90 Å². The smallest absolute Gasteiger partial charge is 0.0218 e. The number of nitrogens with one attached hydrogen (secondary N) is 1. The van der Waals surface area contributed by atoms with Gasteiger partial charge in [0.15, 0.2) is 0 Å². The molecule has 2 atom stereocenters. The molecule has 16 heavy (non-hydrogen) atoms. The molecule has 1 aliphatic heterocycles. The quantitative estimate of drug-likeness (QED) is 0.749. The molecular weight excluding hydrogens is 196 g/mol. The Morgan fingerprint density at radius 2 is 1.81 bits per heavy atom. The first-order valence-corrected chi connectivity index (χ1v) is 7.16. The number of hydrogen-bond donors (Lipinski definition) is 1. The Hall–Kier alpha value is -0.0800. The van der Waals surface area contributed by atoms with Crippen molar-refractivity contribution in [2.45, 2.75) is 65.5 Å². The standard InChI is InChI=1S/C14H30N2/c1-5-7-14-8-10-16(11-9-14)13(4)12(3)15-6-2/h12-15H,5-11H2,1-4H3. The fourth-order valence-electron chi connectivity index (χ4n) is 2.87. The summed E-state index contributed by atoms with van der Waals surface area (Å²) in [5, 5.41) is 3.54. The van der Waals surface area contributed by atoms with Gasteiger partial charge in [-0.2, -0.15) is 0 Å². The zero-order valence-corrected chi connectivity index (χ0v) is 11.6. The Labute approximate surface area is 102 Å². The summed E-state index contributed by atoms with van der Waals surface area (Å²) < 4.78 is 0. The fourth-order valence-corrected chi connectivity index (χ4v) is 2.87. The molecule has 0 aromatic carbocycles. The summed E-state index contributed by atoms with van der Waals surface area (Å²) in [6, 6.07) is 1.30. The highest BCUT2D eigenvalue weighted by atomic mass is 15.2. The molecule has 0 amide bonds. The molecule has 1 saturated heterocycles. The number of nitrogens with zero attached hydrogens (tertiary/aromatic N) is 1. The van der Waals surface area contributed by atoms with E-state index >= 15 is 0 Å². The third-order valence-electron chi connectivity index (χ3n) is 4.17. The lowest BCUT2D eigenvalue weighted by molar-refractivity contribution is 0.117. The lowest BCUT2D eigenvalue weighted by Crippen LogP contribution is -2.49. The summed E-state index contributed by atoms with van der Waals surface area (Å²) in [6.45, 7) is 12.9. The Kier molecular flexibility index (Phi) is 6.37. The van der Waals surface area contributed by atoms with Crippen LogP contribution in [0.25, 0.3) is 0 Å². The molecule has 0 radical (unpaired) electrons. The van der Waals surface area contributed by atoms with Gasteiger partial charge in [-0.05, 0) is 52.2 Å². The van der Waals surface area contributed by atoms with Crippen LogP contribution in [-0.4, -0.2) is 36.6 Å². The summed E-state index contributed by atoms with van der Waals surface area (Å²) in [6.07, 6.45) is 5.62. The van der Waals surface area contributed by atoms with Crippen LogP contribution in [0.1, 0.15) is 53.4 Å².